The van der Waals surface area contributed by atoms with Gasteiger partial charge in [0.25, 0.3) is 11.8 Å². The maximum Gasteiger partial charge on any atom is 0.256 e. The summed E-state index contributed by atoms with van der Waals surface area (Å²) in [6, 6.07) is 4.04. The van der Waals surface area contributed by atoms with E-state index in [9.17, 15) is 18.8 Å². The van der Waals surface area contributed by atoms with Crippen LogP contribution in [0.1, 0.15) is 51.5 Å². The third kappa shape index (κ3) is 4.18. The Hall–Kier alpha value is -3.26. The molecule has 3 rings (SSSR count). The molecule has 0 saturated carbocycles. The van der Waals surface area contributed by atoms with Gasteiger partial charge in [-0.25, -0.2) is 4.39 Å². The van der Waals surface area contributed by atoms with Crippen molar-refractivity contribution in [1.29, 1.82) is 0 Å². The molecule has 0 radical (unpaired) electrons. The van der Waals surface area contributed by atoms with E-state index < -0.39 is 5.82 Å². The molecule has 0 saturated heterocycles. The van der Waals surface area contributed by atoms with Crippen LogP contribution in [-0.2, 0) is 4.79 Å². The number of aromatic nitrogens is 1. The highest BCUT2D eigenvalue weighted by molar-refractivity contribution is 6.35. The van der Waals surface area contributed by atoms with Crippen molar-refractivity contribution in [3.63, 3.8) is 0 Å². The van der Waals surface area contributed by atoms with E-state index in [2.05, 4.69) is 34.4 Å². The Kier molecular flexibility index (Phi) is 6.47. The van der Waals surface area contributed by atoms with Gasteiger partial charge in [0.1, 0.15) is 5.82 Å². The normalized spacial score (nSPS) is 14.2. The molecule has 0 bridgehead atoms. The second-order valence-electron chi connectivity index (χ2n) is 7.06. The van der Waals surface area contributed by atoms with E-state index in [1.165, 1.54) is 24.3 Å². The van der Waals surface area contributed by atoms with Crippen LogP contribution in [0.2, 0.25) is 0 Å². The summed E-state index contributed by atoms with van der Waals surface area (Å²) in [6.45, 7) is 8.74. The number of nitrogens with one attached hydrogen (secondary N) is 3. The van der Waals surface area contributed by atoms with Crippen LogP contribution in [0, 0.1) is 12.7 Å². The number of carbonyl (C=O) groups excluding carboxylic acids is 3. The van der Waals surface area contributed by atoms with Crippen LogP contribution >= 0.6 is 0 Å². The monoisotopic (exact) mass is 412 g/mol. The van der Waals surface area contributed by atoms with Crippen molar-refractivity contribution >= 4 is 35.4 Å². The van der Waals surface area contributed by atoms with Gasteiger partial charge in [-0.1, -0.05) is 13.8 Å². The standard InChI is InChI=1S/C22H25FN4O3/c1-4-27(5-2)9-8-24-22(30)20-13(3)18(25-19(20)12-28)11-16-15-10-14(23)6-7-17(15)26-21(16)29/h6-7,10-12,25H,4-5,8-9H2,1-3H3,(H,24,30)(H,26,29). The summed E-state index contributed by atoms with van der Waals surface area (Å²) in [4.78, 5) is 41.7. The van der Waals surface area contributed by atoms with Gasteiger partial charge in [-0.05, 0) is 49.9 Å². The summed E-state index contributed by atoms with van der Waals surface area (Å²) >= 11 is 0. The average Bonchev–Trinajstić information content (AvgIpc) is 3.21. The molecule has 30 heavy (non-hydrogen) atoms. The van der Waals surface area contributed by atoms with Gasteiger partial charge in [0.15, 0.2) is 6.29 Å². The Balaban J connectivity index is 1.89. The summed E-state index contributed by atoms with van der Waals surface area (Å²) in [5, 5.41) is 5.52. The number of nitrogens with zero attached hydrogens (tertiary/aromatic N) is 1. The molecule has 0 aliphatic carbocycles. The lowest BCUT2D eigenvalue weighted by atomic mass is 10.0. The first kappa shape index (κ1) is 21.4. The molecule has 0 spiro atoms. The van der Waals surface area contributed by atoms with Gasteiger partial charge in [-0.15, -0.1) is 0 Å². The molecule has 0 atom stereocenters. The zero-order valence-electron chi connectivity index (χ0n) is 17.3. The zero-order chi connectivity index (χ0) is 21.8. The summed E-state index contributed by atoms with van der Waals surface area (Å²) in [6.07, 6.45) is 2.12. The molecular formula is C22H25FN4O3. The largest absolute Gasteiger partial charge is 0.352 e. The maximum absolute atomic E-state index is 13.7. The molecule has 2 aromatic rings. The quantitative estimate of drug-likeness (QED) is 0.459. The SMILES string of the molecule is CCN(CC)CCNC(=O)c1c(C=O)[nH]c(C=C2C(=O)Nc3ccc(F)cc32)c1C. The molecule has 1 aromatic carbocycles. The number of benzene rings is 1. The number of aldehydes is 1. The first-order valence-corrected chi connectivity index (χ1v) is 9.90. The molecule has 8 heteroatoms. The van der Waals surface area contributed by atoms with Crippen LogP contribution in [0.4, 0.5) is 10.1 Å². The number of amides is 2. The number of likely N-dealkylation sites (N-methyl/N-ethyl adjacent to an activating group) is 1. The summed E-state index contributed by atoms with van der Waals surface area (Å²) < 4.78 is 13.7. The van der Waals surface area contributed by atoms with Crippen LogP contribution in [0.15, 0.2) is 18.2 Å². The van der Waals surface area contributed by atoms with Crippen LogP contribution in [0.3, 0.4) is 0 Å². The Morgan fingerprint density at radius 1 is 1.23 bits per heavy atom. The number of H-pyrrole nitrogens is 1. The fourth-order valence-corrected chi connectivity index (χ4v) is 3.57. The second kappa shape index (κ2) is 9.04. The van der Waals surface area contributed by atoms with E-state index in [1.54, 1.807) is 6.92 Å². The van der Waals surface area contributed by atoms with E-state index in [-0.39, 0.29) is 28.6 Å². The van der Waals surface area contributed by atoms with E-state index in [0.717, 1.165) is 13.1 Å². The van der Waals surface area contributed by atoms with Crippen molar-refractivity contribution in [2.45, 2.75) is 20.8 Å². The van der Waals surface area contributed by atoms with Gasteiger partial charge in [-0.2, -0.15) is 0 Å². The average molecular weight is 412 g/mol. The molecule has 158 valence electrons. The highest BCUT2D eigenvalue weighted by atomic mass is 19.1. The van der Waals surface area contributed by atoms with Crippen molar-refractivity contribution < 1.29 is 18.8 Å². The molecule has 7 nitrogen and oxygen atoms in total. The van der Waals surface area contributed by atoms with Crippen molar-refractivity contribution in [3.8, 4) is 0 Å². The first-order chi connectivity index (χ1) is 14.4. The van der Waals surface area contributed by atoms with Gasteiger partial charge in [0.2, 0.25) is 0 Å². The number of halogens is 1. The smallest absolute Gasteiger partial charge is 0.256 e. The van der Waals surface area contributed by atoms with Gasteiger partial charge in [-0.3, -0.25) is 14.4 Å². The Labute approximate surface area is 174 Å². The lowest BCUT2D eigenvalue weighted by Crippen LogP contribution is -2.35. The predicted molar refractivity (Wildman–Crippen MR) is 114 cm³/mol. The summed E-state index contributed by atoms with van der Waals surface area (Å²) in [7, 11) is 0. The van der Waals surface area contributed by atoms with Crippen LogP contribution in [0.5, 0.6) is 0 Å². The Bertz CT molecular complexity index is 1020. The third-order valence-corrected chi connectivity index (χ3v) is 5.32. The van der Waals surface area contributed by atoms with Crippen LogP contribution in [0.25, 0.3) is 11.6 Å². The van der Waals surface area contributed by atoms with Crippen LogP contribution < -0.4 is 10.6 Å². The number of hydrogen-bond acceptors (Lipinski definition) is 4. The number of rotatable bonds is 8. The molecule has 3 N–H and O–H groups in total. The molecular weight excluding hydrogens is 387 g/mol. The Morgan fingerprint density at radius 2 is 1.97 bits per heavy atom. The molecule has 1 aliphatic heterocycles. The molecule has 0 fully saturated rings. The maximum atomic E-state index is 13.7. The minimum absolute atomic E-state index is 0.137. The molecule has 2 heterocycles. The topological polar surface area (TPSA) is 94.3 Å². The highest BCUT2D eigenvalue weighted by Gasteiger charge is 2.26. The number of aromatic amines is 1. The van der Waals surface area contributed by atoms with Gasteiger partial charge >= 0.3 is 0 Å². The first-order valence-electron chi connectivity index (χ1n) is 9.90. The Morgan fingerprint density at radius 3 is 2.63 bits per heavy atom. The molecule has 1 aromatic heterocycles. The fraction of sp³-hybridized carbons (Fsp3) is 0.318. The number of carbonyl (C=O) groups is 3. The zero-order valence-corrected chi connectivity index (χ0v) is 17.3. The van der Waals surface area contributed by atoms with Crippen molar-refractivity contribution in [3.05, 3.63) is 52.1 Å². The van der Waals surface area contributed by atoms with E-state index in [0.29, 0.717) is 41.9 Å². The number of anilines is 1. The number of hydrogen-bond donors (Lipinski definition) is 3. The summed E-state index contributed by atoms with van der Waals surface area (Å²) in [5.74, 6) is -1.19. The second-order valence-corrected chi connectivity index (χ2v) is 7.06. The van der Waals surface area contributed by atoms with Gasteiger partial charge in [0, 0.05) is 30.0 Å². The van der Waals surface area contributed by atoms with E-state index in [4.69, 9.17) is 0 Å². The number of fused-ring (bicyclic) bond motifs is 1. The minimum atomic E-state index is -0.457. The molecule has 1 aliphatic rings. The summed E-state index contributed by atoms with van der Waals surface area (Å²) in [5.41, 5.74) is 2.59. The highest BCUT2D eigenvalue weighted by Crippen LogP contribution is 2.34. The fourth-order valence-electron chi connectivity index (χ4n) is 3.57. The molecule has 0 unspecified atom stereocenters. The van der Waals surface area contributed by atoms with E-state index >= 15 is 0 Å². The van der Waals surface area contributed by atoms with Crippen molar-refractivity contribution in [1.82, 2.24) is 15.2 Å². The van der Waals surface area contributed by atoms with Crippen molar-refractivity contribution in [2.24, 2.45) is 0 Å². The molecule has 2 amide bonds. The van der Waals surface area contributed by atoms with E-state index in [1.807, 2.05) is 0 Å². The van der Waals surface area contributed by atoms with Crippen LogP contribution in [-0.4, -0.2) is 54.2 Å². The predicted octanol–water partition coefficient (Wildman–Crippen LogP) is 2.84. The van der Waals surface area contributed by atoms with Crippen molar-refractivity contribution in [2.75, 3.05) is 31.5 Å². The minimum Gasteiger partial charge on any atom is -0.352 e. The lowest BCUT2D eigenvalue weighted by molar-refractivity contribution is -0.110. The van der Waals surface area contributed by atoms with Gasteiger partial charge < -0.3 is 20.5 Å². The van der Waals surface area contributed by atoms with Gasteiger partial charge in [0.05, 0.1) is 16.8 Å². The third-order valence-electron chi connectivity index (χ3n) is 5.32. The lowest BCUT2D eigenvalue weighted by Gasteiger charge is -2.18.